The van der Waals surface area contributed by atoms with Gasteiger partial charge in [-0.3, -0.25) is 33.5 Å². The molecule has 10 nitrogen and oxygen atoms in total. The van der Waals surface area contributed by atoms with Gasteiger partial charge < -0.3 is 4.90 Å². The number of carbonyl (C=O) groups is 1. The third-order valence-electron chi connectivity index (χ3n) is 7.95. The zero-order valence-corrected chi connectivity index (χ0v) is 26.2. The molecule has 0 radical (unpaired) electrons. The Labute approximate surface area is 249 Å². The lowest BCUT2D eigenvalue weighted by Gasteiger charge is -2.24. The number of aromatic amines is 2. The van der Waals surface area contributed by atoms with Crippen LogP contribution in [0.15, 0.2) is 31.6 Å². The molecule has 236 valence electrons. The van der Waals surface area contributed by atoms with E-state index in [-0.39, 0.29) is 32.1 Å². The number of amides is 1. The fourth-order valence-corrected chi connectivity index (χ4v) is 5.19. The van der Waals surface area contributed by atoms with Gasteiger partial charge in [-0.05, 0) is 20.3 Å². The minimum Gasteiger partial charge on any atom is -0.339 e. The lowest BCUT2D eigenvalue weighted by Crippen LogP contribution is -2.41. The van der Waals surface area contributed by atoms with Gasteiger partial charge in [-0.15, -0.1) is 0 Å². The van der Waals surface area contributed by atoms with Crippen LogP contribution in [0.3, 0.4) is 0 Å². The molecule has 2 N–H and O–H groups in total. The number of aryl methyl sites for hydroxylation is 2. The molecule has 0 aromatic carbocycles. The van der Waals surface area contributed by atoms with Crippen molar-refractivity contribution in [2.45, 2.75) is 137 Å². The molecule has 1 amide bonds. The van der Waals surface area contributed by atoms with Gasteiger partial charge in [0, 0.05) is 56.1 Å². The average molecular weight is 588 g/mol. The van der Waals surface area contributed by atoms with E-state index in [1.54, 1.807) is 18.7 Å². The Kier molecular flexibility index (Phi) is 16.6. The summed E-state index contributed by atoms with van der Waals surface area (Å²) in [6.45, 7) is 6.48. The van der Waals surface area contributed by atoms with Crippen LogP contribution in [0, 0.1) is 13.8 Å². The zero-order chi connectivity index (χ0) is 30.7. The Morgan fingerprint density at radius 2 is 0.976 bits per heavy atom. The van der Waals surface area contributed by atoms with Crippen molar-refractivity contribution in [1.82, 2.24) is 24.0 Å². The first-order chi connectivity index (χ1) is 20.2. The first-order valence-corrected chi connectivity index (χ1v) is 16.1. The van der Waals surface area contributed by atoms with Gasteiger partial charge >= 0.3 is 11.4 Å². The number of carbonyl (C=O) groups excluding carboxylic acids is 1. The number of hydrogen-bond donors (Lipinski definition) is 2. The van der Waals surface area contributed by atoms with E-state index in [0.29, 0.717) is 17.5 Å². The van der Waals surface area contributed by atoms with E-state index in [2.05, 4.69) is 16.9 Å². The molecular weight excluding hydrogens is 534 g/mol. The maximum Gasteiger partial charge on any atom is 0.328 e. The van der Waals surface area contributed by atoms with E-state index in [0.717, 1.165) is 19.3 Å². The Hall–Kier alpha value is -3.17. The van der Waals surface area contributed by atoms with Crippen LogP contribution in [0.5, 0.6) is 0 Å². The van der Waals surface area contributed by atoms with Crippen molar-refractivity contribution in [2.75, 3.05) is 13.1 Å². The molecule has 2 aromatic rings. The summed E-state index contributed by atoms with van der Waals surface area (Å²) in [6.07, 6.45) is 22.2. The molecule has 2 aromatic heterocycles. The van der Waals surface area contributed by atoms with Crippen molar-refractivity contribution >= 4 is 5.91 Å². The normalized spacial score (nSPS) is 11.2. The lowest BCUT2D eigenvalue weighted by atomic mass is 10.0. The number of H-pyrrole nitrogens is 2. The van der Waals surface area contributed by atoms with Crippen molar-refractivity contribution in [2.24, 2.45) is 0 Å². The molecule has 0 atom stereocenters. The number of aromatic nitrogens is 4. The van der Waals surface area contributed by atoms with E-state index >= 15 is 0 Å². The Balaban J connectivity index is 1.76. The van der Waals surface area contributed by atoms with Crippen LogP contribution in [-0.2, 0) is 17.9 Å². The van der Waals surface area contributed by atoms with Crippen molar-refractivity contribution < 1.29 is 4.79 Å². The number of nitrogens with zero attached hydrogens (tertiary/aromatic N) is 3. The Bertz CT molecular complexity index is 1230. The van der Waals surface area contributed by atoms with Crippen LogP contribution >= 0.6 is 0 Å². The van der Waals surface area contributed by atoms with Gasteiger partial charge in [-0.1, -0.05) is 96.8 Å². The van der Waals surface area contributed by atoms with Crippen molar-refractivity contribution in [3.8, 4) is 0 Å². The van der Waals surface area contributed by atoms with Gasteiger partial charge in [0.15, 0.2) is 0 Å². The molecule has 0 saturated carbocycles. The smallest absolute Gasteiger partial charge is 0.328 e. The minimum absolute atomic E-state index is 0.0342. The highest BCUT2D eigenvalue weighted by Crippen LogP contribution is 2.14. The van der Waals surface area contributed by atoms with E-state index in [1.807, 2.05) is 0 Å². The molecule has 0 fully saturated rings. The van der Waals surface area contributed by atoms with Crippen molar-refractivity contribution in [3.63, 3.8) is 0 Å². The standard InChI is InChI=1S/C32H53N5O5/c1-4-5-6-7-8-9-10-11-12-13-14-15-16-17-18-19-28(38)35(20-22-36-24-26(2)29(39)33-31(36)41)21-23-37-25-27(3)30(40)34-32(37)42/h24-25H,4-23H2,1-3H3,(H,33,39,41)(H,34,40,42). The van der Waals surface area contributed by atoms with Crippen molar-refractivity contribution in [3.05, 3.63) is 65.2 Å². The molecule has 2 rings (SSSR count). The molecule has 42 heavy (non-hydrogen) atoms. The van der Waals surface area contributed by atoms with Gasteiger partial charge in [0.2, 0.25) is 5.91 Å². The summed E-state index contributed by atoms with van der Waals surface area (Å²) in [4.78, 5) is 67.3. The summed E-state index contributed by atoms with van der Waals surface area (Å²) < 4.78 is 2.78. The van der Waals surface area contributed by atoms with Gasteiger partial charge in [-0.2, -0.15) is 0 Å². The molecular formula is C32H53N5O5. The second kappa shape index (κ2) is 19.9. The molecule has 0 saturated heterocycles. The highest BCUT2D eigenvalue weighted by molar-refractivity contribution is 5.76. The average Bonchev–Trinajstić information content (AvgIpc) is 2.95. The summed E-state index contributed by atoms with van der Waals surface area (Å²) in [7, 11) is 0. The molecule has 0 unspecified atom stereocenters. The van der Waals surface area contributed by atoms with E-state index in [1.165, 1.54) is 98.6 Å². The van der Waals surface area contributed by atoms with Crippen LogP contribution in [-0.4, -0.2) is 43.0 Å². The first-order valence-electron chi connectivity index (χ1n) is 16.1. The molecule has 0 aliphatic rings. The second-order valence-corrected chi connectivity index (χ2v) is 11.6. The van der Waals surface area contributed by atoms with E-state index < -0.39 is 22.5 Å². The second-order valence-electron chi connectivity index (χ2n) is 11.6. The van der Waals surface area contributed by atoms with Gasteiger partial charge in [0.05, 0.1) is 0 Å². The maximum absolute atomic E-state index is 13.2. The van der Waals surface area contributed by atoms with Crippen LogP contribution in [0.2, 0.25) is 0 Å². The number of hydrogen-bond acceptors (Lipinski definition) is 5. The molecule has 0 aliphatic carbocycles. The highest BCUT2D eigenvalue weighted by Gasteiger charge is 2.15. The summed E-state index contributed by atoms with van der Waals surface area (Å²) >= 11 is 0. The molecule has 2 heterocycles. The molecule has 0 aliphatic heterocycles. The highest BCUT2D eigenvalue weighted by atomic mass is 16.2. The molecule has 0 spiro atoms. The predicted octanol–water partition coefficient (Wildman–Crippen LogP) is 4.79. The minimum atomic E-state index is -0.520. The topological polar surface area (TPSA) is 130 Å². The largest absolute Gasteiger partial charge is 0.339 e. The third kappa shape index (κ3) is 13.2. The maximum atomic E-state index is 13.2. The summed E-state index contributed by atoms with van der Waals surface area (Å²) in [5, 5.41) is 0. The lowest BCUT2D eigenvalue weighted by molar-refractivity contribution is -0.131. The fourth-order valence-electron chi connectivity index (χ4n) is 5.19. The zero-order valence-electron chi connectivity index (χ0n) is 26.2. The monoisotopic (exact) mass is 587 g/mol. The summed E-state index contributed by atoms with van der Waals surface area (Å²) in [6, 6.07) is 0. The van der Waals surface area contributed by atoms with E-state index in [9.17, 15) is 24.0 Å². The van der Waals surface area contributed by atoms with Gasteiger partial charge in [0.25, 0.3) is 11.1 Å². The summed E-state index contributed by atoms with van der Waals surface area (Å²) in [5.41, 5.74) is -1.06. The van der Waals surface area contributed by atoms with E-state index in [4.69, 9.17) is 0 Å². The van der Waals surface area contributed by atoms with Crippen LogP contribution in [0.4, 0.5) is 0 Å². The number of nitrogens with one attached hydrogen (secondary N) is 2. The SMILES string of the molecule is CCCCCCCCCCCCCCCCCC(=O)N(CCn1cc(C)c(=O)[nH]c1=O)CCn1cc(C)c(=O)[nH]c1=O. The quantitative estimate of drug-likeness (QED) is 0.191. The Morgan fingerprint density at radius 1 is 0.619 bits per heavy atom. The van der Waals surface area contributed by atoms with Crippen LogP contribution in [0.25, 0.3) is 0 Å². The fraction of sp³-hybridized carbons (Fsp3) is 0.719. The van der Waals surface area contributed by atoms with Crippen LogP contribution < -0.4 is 22.5 Å². The van der Waals surface area contributed by atoms with Gasteiger partial charge in [-0.25, -0.2) is 9.59 Å². The van der Waals surface area contributed by atoms with Crippen molar-refractivity contribution in [1.29, 1.82) is 0 Å². The van der Waals surface area contributed by atoms with Gasteiger partial charge in [0.1, 0.15) is 0 Å². The predicted molar refractivity (Wildman–Crippen MR) is 168 cm³/mol. The number of rotatable bonds is 22. The van der Waals surface area contributed by atoms with Crippen LogP contribution in [0.1, 0.15) is 121 Å². The first kappa shape index (κ1) is 35.0. The Morgan fingerprint density at radius 3 is 1.36 bits per heavy atom. The molecule has 10 heteroatoms. The molecule has 0 bridgehead atoms. The summed E-state index contributed by atoms with van der Waals surface area (Å²) in [5.74, 6) is -0.0342. The third-order valence-corrected chi connectivity index (χ3v) is 7.95. The number of unbranched alkanes of at least 4 members (excludes halogenated alkanes) is 14.